The third-order valence-corrected chi connectivity index (χ3v) is 3.50. The first kappa shape index (κ1) is 20.8. The molecular weight excluding hydrogens is 364 g/mol. The van der Waals surface area contributed by atoms with E-state index in [1.165, 1.54) is 4.90 Å². The SMILES string of the molecule is CCOC(=O)CN(C(=O)COC(=O)CCNc1ncccn1)c1ccccc1. The van der Waals surface area contributed by atoms with E-state index in [0.29, 0.717) is 11.6 Å². The predicted octanol–water partition coefficient (Wildman–Crippen LogP) is 1.42. The van der Waals surface area contributed by atoms with Crippen LogP contribution in [0.15, 0.2) is 48.8 Å². The number of carbonyl (C=O) groups is 3. The van der Waals surface area contributed by atoms with E-state index >= 15 is 0 Å². The van der Waals surface area contributed by atoms with Crippen LogP contribution in [0, 0.1) is 0 Å². The lowest BCUT2D eigenvalue weighted by molar-refractivity contribution is -0.148. The van der Waals surface area contributed by atoms with Crippen LogP contribution in [0.3, 0.4) is 0 Å². The fraction of sp³-hybridized carbons (Fsp3) is 0.316. The van der Waals surface area contributed by atoms with Gasteiger partial charge in [-0.2, -0.15) is 0 Å². The Kier molecular flexibility index (Phi) is 8.38. The van der Waals surface area contributed by atoms with Crippen LogP contribution in [0.1, 0.15) is 13.3 Å². The molecule has 0 aliphatic carbocycles. The molecular formula is C19H22N4O5. The van der Waals surface area contributed by atoms with Crippen molar-refractivity contribution in [2.24, 2.45) is 0 Å². The number of esters is 2. The molecule has 0 spiro atoms. The van der Waals surface area contributed by atoms with Crippen LogP contribution >= 0.6 is 0 Å². The number of para-hydroxylation sites is 1. The summed E-state index contributed by atoms with van der Waals surface area (Å²) in [5, 5.41) is 2.87. The zero-order valence-electron chi connectivity index (χ0n) is 15.5. The number of rotatable bonds is 10. The molecule has 0 bridgehead atoms. The van der Waals surface area contributed by atoms with E-state index in [1.807, 2.05) is 0 Å². The van der Waals surface area contributed by atoms with Crippen LogP contribution in [0.5, 0.6) is 0 Å². The van der Waals surface area contributed by atoms with Gasteiger partial charge in [-0.15, -0.1) is 0 Å². The summed E-state index contributed by atoms with van der Waals surface area (Å²) in [6.45, 7) is 1.42. The number of nitrogens with zero attached hydrogens (tertiary/aromatic N) is 3. The molecule has 1 aromatic heterocycles. The van der Waals surface area contributed by atoms with E-state index in [1.54, 1.807) is 55.7 Å². The Balaban J connectivity index is 1.84. The number of nitrogens with one attached hydrogen (secondary N) is 1. The smallest absolute Gasteiger partial charge is 0.326 e. The quantitative estimate of drug-likeness (QED) is 0.611. The number of ether oxygens (including phenoxy) is 2. The van der Waals surface area contributed by atoms with E-state index in [-0.39, 0.29) is 26.1 Å². The van der Waals surface area contributed by atoms with Gasteiger partial charge in [-0.3, -0.25) is 19.3 Å². The van der Waals surface area contributed by atoms with Gasteiger partial charge in [-0.1, -0.05) is 18.2 Å². The summed E-state index contributed by atoms with van der Waals surface area (Å²) >= 11 is 0. The van der Waals surface area contributed by atoms with Crippen molar-refractivity contribution in [3.05, 3.63) is 48.8 Å². The molecule has 9 heteroatoms. The van der Waals surface area contributed by atoms with Gasteiger partial charge < -0.3 is 14.8 Å². The average molecular weight is 386 g/mol. The van der Waals surface area contributed by atoms with Crippen molar-refractivity contribution in [3.63, 3.8) is 0 Å². The van der Waals surface area contributed by atoms with Gasteiger partial charge in [-0.05, 0) is 25.1 Å². The second kappa shape index (κ2) is 11.3. The van der Waals surface area contributed by atoms with Crippen molar-refractivity contribution in [2.45, 2.75) is 13.3 Å². The van der Waals surface area contributed by atoms with Crippen molar-refractivity contribution in [2.75, 3.05) is 36.5 Å². The molecule has 9 nitrogen and oxygen atoms in total. The summed E-state index contributed by atoms with van der Waals surface area (Å²) in [7, 11) is 0. The molecule has 0 unspecified atom stereocenters. The highest BCUT2D eigenvalue weighted by molar-refractivity contribution is 5.99. The summed E-state index contributed by atoms with van der Waals surface area (Å²) in [6, 6.07) is 10.3. The largest absolute Gasteiger partial charge is 0.465 e. The Morgan fingerprint density at radius 1 is 1.00 bits per heavy atom. The van der Waals surface area contributed by atoms with E-state index in [4.69, 9.17) is 9.47 Å². The van der Waals surface area contributed by atoms with Gasteiger partial charge >= 0.3 is 11.9 Å². The van der Waals surface area contributed by atoms with Crippen molar-refractivity contribution >= 4 is 29.5 Å². The van der Waals surface area contributed by atoms with Crippen LogP contribution in [0.2, 0.25) is 0 Å². The van der Waals surface area contributed by atoms with Crippen molar-refractivity contribution < 1.29 is 23.9 Å². The fourth-order valence-electron chi connectivity index (χ4n) is 2.23. The number of anilines is 2. The average Bonchev–Trinajstić information content (AvgIpc) is 2.72. The lowest BCUT2D eigenvalue weighted by atomic mass is 10.3. The second-order valence-corrected chi connectivity index (χ2v) is 5.53. The zero-order valence-corrected chi connectivity index (χ0v) is 15.5. The summed E-state index contributed by atoms with van der Waals surface area (Å²) in [5.74, 6) is -1.22. The molecule has 0 atom stereocenters. The molecule has 1 heterocycles. The highest BCUT2D eigenvalue weighted by Crippen LogP contribution is 2.13. The Labute approximate surface area is 162 Å². The number of hydrogen-bond donors (Lipinski definition) is 1. The fourth-order valence-corrected chi connectivity index (χ4v) is 2.23. The number of carbonyl (C=O) groups excluding carboxylic acids is 3. The normalized spacial score (nSPS) is 10.0. The Morgan fingerprint density at radius 2 is 1.71 bits per heavy atom. The first-order chi connectivity index (χ1) is 13.6. The molecule has 0 aliphatic heterocycles. The molecule has 0 fully saturated rings. The highest BCUT2D eigenvalue weighted by atomic mass is 16.5. The molecule has 1 amide bonds. The summed E-state index contributed by atoms with van der Waals surface area (Å²) in [4.78, 5) is 45.3. The number of aromatic nitrogens is 2. The molecule has 0 radical (unpaired) electrons. The predicted molar refractivity (Wildman–Crippen MR) is 102 cm³/mol. The molecule has 0 saturated carbocycles. The third-order valence-electron chi connectivity index (χ3n) is 3.50. The maximum absolute atomic E-state index is 12.5. The molecule has 148 valence electrons. The van der Waals surface area contributed by atoms with Gasteiger partial charge in [0.1, 0.15) is 6.54 Å². The van der Waals surface area contributed by atoms with Gasteiger partial charge in [-0.25, -0.2) is 9.97 Å². The number of benzene rings is 1. The lowest BCUT2D eigenvalue weighted by Crippen LogP contribution is -2.39. The lowest BCUT2D eigenvalue weighted by Gasteiger charge is -2.21. The van der Waals surface area contributed by atoms with Crippen molar-refractivity contribution in [3.8, 4) is 0 Å². The maximum atomic E-state index is 12.5. The van der Waals surface area contributed by atoms with Crippen LogP contribution in [-0.2, 0) is 23.9 Å². The molecule has 2 rings (SSSR count). The third kappa shape index (κ3) is 7.02. The maximum Gasteiger partial charge on any atom is 0.326 e. The summed E-state index contributed by atoms with van der Waals surface area (Å²) in [5.41, 5.74) is 0.513. The van der Waals surface area contributed by atoms with Gasteiger partial charge in [0.25, 0.3) is 5.91 Å². The van der Waals surface area contributed by atoms with Crippen molar-refractivity contribution in [1.29, 1.82) is 0 Å². The molecule has 0 saturated heterocycles. The van der Waals surface area contributed by atoms with Crippen LogP contribution in [0.25, 0.3) is 0 Å². The highest BCUT2D eigenvalue weighted by Gasteiger charge is 2.21. The number of amides is 1. The van der Waals surface area contributed by atoms with Crippen LogP contribution in [-0.4, -0.2) is 54.1 Å². The molecule has 1 aromatic carbocycles. The van der Waals surface area contributed by atoms with E-state index in [0.717, 1.165) is 0 Å². The molecule has 2 aromatic rings. The number of hydrogen-bond acceptors (Lipinski definition) is 8. The first-order valence-corrected chi connectivity index (χ1v) is 8.77. The minimum Gasteiger partial charge on any atom is -0.465 e. The second-order valence-electron chi connectivity index (χ2n) is 5.53. The minimum absolute atomic E-state index is 0.0365. The van der Waals surface area contributed by atoms with E-state index in [2.05, 4.69) is 15.3 Å². The standard InChI is InChI=1S/C19H22N4O5/c1-2-27-18(26)13-23(15-7-4-3-5-8-15)16(24)14-28-17(25)9-12-22-19-20-10-6-11-21-19/h3-8,10-11H,2,9,12-14H2,1H3,(H,20,21,22). The van der Waals surface area contributed by atoms with Gasteiger partial charge in [0, 0.05) is 24.6 Å². The first-order valence-electron chi connectivity index (χ1n) is 8.77. The molecule has 1 N–H and O–H groups in total. The molecule has 28 heavy (non-hydrogen) atoms. The van der Waals surface area contributed by atoms with Crippen LogP contribution in [0.4, 0.5) is 11.6 Å². The van der Waals surface area contributed by atoms with Gasteiger partial charge in [0.2, 0.25) is 5.95 Å². The molecule has 0 aliphatic rings. The van der Waals surface area contributed by atoms with Crippen molar-refractivity contribution in [1.82, 2.24) is 9.97 Å². The summed E-state index contributed by atoms with van der Waals surface area (Å²) < 4.78 is 9.93. The zero-order chi connectivity index (χ0) is 20.2. The Bertz CT molecular complexity index is 770. The Morgan fingerprint density at radius 3 is 2.39 bits per heavy atom. The summed E-state index contributed by atoms with van der Waals surface area (Å²) in [6.07, 6.45) is 3.19. The monoisotopic (exact) mass is 386 g/mol. The van der Waals surface area contributed by atoms with E-state index < -0.39 is 24.5 Å². The van der Waals surface area contributed by atoms with E-state index in [9.17, 15) is 14.4 Å². The van der Waals surface area contributed by atoms with Crippen LogP contribution < -0.4 is 10.2 Å². The van der Waals surface area contributed by atoms with Gasteiger partial charge in [0.15, 0.2) is 6.61 Å². The Hall–Kier alpha value is -3.49. The topological polar surface area (TPSA) is 111 Å². The minimum atomic E-state index is -0.555. The van der Waals surface area contributed by atoms with Gasteiger partial charge in [0.05, 0.1) is 13.0 Å².